The molecule has 0 unspecified atom stereocenters. The highest BCUT2D eigenvalue weighted by atomic mass is 35.5. The van der Waals surface area contributed by atoms with Gasteiger partial charge in [-0.2, -0.15) is 0 Å². The fourth-order valence-electron chi connectivity index (χ4n) is 2.99. The average Bonchev–Trinajstić information content (AvgIpc) is 2.89. The van der Waals surface area contributed by atoms with Crippen molar-refractivity contribution in [3.05, 3.63) is 70.4 Å². The van der Waals surface area contributed by atoms with Crippen LogP contribution in [0.5, 0.6) is 0 Å². The Morgan fingerprint density at radius 3 is 2.71 bits per heavy atom. The summed E-state index contributed by atoms with van der Waals surface area (Å²) in [7, 11) is 0. The number of hydrogen-bond acceptors (Lipinski definition) is 1. The van der Waals surface area contributed by atoms with Crippen molar-refractivity contribution < 1.29 is 4.79 Å². The Hall–Kier alpha value is -2.26. The maximum atomic E-state index is 12.0. The summed E-state index contributed by atoms with van der Waals surface area (Å²) in [4.78, 5) is 15.4. The van der Waals surface area contributed by atoms with Crippen LogP contribution in [0.2, 0.25) is 5.02 Å². The predicted octanol–water partition coefficient (Wildman–Crippen LogP) is 4.42. The molecule has 124 valence electrons. The Bertz CT molecular complexity index is 839. The summed E-state index contributed by atoms with van der Waals surface area (Å²) in [6.45, 7) is 2.69. The van der Waals surface area contributed by atoms with E-state index in [-0.39, 0.29) is 5.91 Å². The second-order valence-electron chi connectivity index (χ2n) is 6.00. The zero-order valence-corrected chi connectivity index (χ0v) is 14.5. The number of H-pyrrole nitrogens is 1. The van der Waals surface area contributed by atoms with Crippen LogP contribution in [0.25, 0.3) is 10.9 Å². The number of hydrogen-bond donors (Lipinski definition) is 2. The highest BCUT2D eigenvalue weighted by Gasteiger charge is 2.09. The molecular formula is C20H21ClN2O. The molecule has 0 aliphatic heterocycles. The molecule has 0 saturated heterocycles. The van der Waals surface area contributed by atoms with E-state index in [1.807, 2.05) is 48.5 Å². The van der Waals surface area contributed by atoms with Gasteiger partial charge in [0.05, 0.1) is 0 Å². The lowest BCUT2D eigenvalue weighted by Gasteiger charge is -2.06. The smallest absolute Gasteiger partial charge is 0.220 e. The van der Waals surface area contributed by atoms with Gasteiger partial charge in [-0.05, 0) is 49.1 Å². The van der Waals surface area contributed by atoms with Gasteiger partial charge in [0.1, 0.15) is 0 Å². The van der Waals surface area contributed by atoms with Crippen molar-refractivity contribution in [2.24, 2.45) is 0 Å². The van der Waals surface area contributed by atoms with Crippen molar-refractivity contribution in [1.82, 2.24) is 10.3 Å². The molecular weight excluding hydrogens is 320 g/mol. The Morgan fingerprint density at radius 1 is 1.12 bits per heavy atom. The van der Waals surface area contributed by atoms with E-state index >= 15 is 0 Å². The first-order valence-corrected chi connectivity index (χ1v) is 8.58. The molecule has 0 spiro atoms. The number of aromatic nitrogens is 1. The van der Waals surface area contributed by atoms with Crippen LogP contribution in [0.15, 0.2) is 48.5 Å². The van der Waals surface area contributed by atoms with E-state index < -0.39 is 0 Å². The molecule has 0 fully saturated rings. The molecule has 3 aromatic rings. The van der Waals surface area contributed by atoms with Crippen molar-refractivity contribution in [3.63, 3.8) is 0 Å². The van der Waals surface area contributed by atoms with Gasteiger partial charge in [0, 0.05) is 34.6 Å². The number of aromatic amines is 1. The van der Waals surface area contributed by atoms with Gasteiger partial charge in [-0.3, -0.25) is 4.79 Å². The zero-order chi connectivity index (χ0) is 16.9. The Labute approximate surface area is 147 Å². The van der Waals surface area contributed by atoms with Gasteiger partial charge in [-0.25, -0.2) is 0 Å². The fourth-order valence-corrected chi connectivity index (χ4v) is 3.17. The fraction of sp³-hybridized carbons (Fsp3) is 0.250. The van der Waals surface area contributed by atoms with Gasteiger partial charge in [0.15, 0.2) is 0 Å². The molecule has 0 aliphatic carbocycles. The minimum absolute atomic E-state index is 0.0920. The normalized spacial score (nSPS) is 10.9. The highest BCUT2D eigenvalue weighted by Crippen LogP contribution is 2.25. The predicted molar refractivity (Wildman–Crippen MR) is 99.5 cm³/mol. The SMILES string of the molecule is Cc1[nH]c2ccc(Cl)cc2c1CCNC(=O)CCc1ccccc1. The topological polar surface area (TPSA) is 44.9 Å². The minimum Gasteiger partial charge on any atom is -0.358 e. The highest BCUT2D eigenvalue weighted by molar-refractivity contribution is 6.31. The lowest BCUT2D eigenvalue weighted by molar-refractivity contribution is -0.121. The number of rotatable bonds is 6. The number of aryl methyl sites for hydroxylation is 2. The van der Waals surface area contributed by atoms with E-state index in [0.717, 1.165) is 34.5 Å². The molecule has 1 amide bonds. The van der Waals surface area contributed by atoms with E-state index in [4.69, 9.17) is 11.6 Å². The Kier molecular flexibility index (Phi) is 5.21. The third kappa shape index (κ3) is 3.98. The van der Waals surface area contributed by atoms with Crippen molar-refractivity contribution in [2.45, 2.75) is 26.2 Å². The van der Waals surface area contributed by atoms with Crippen LogP contribution in [0.4, 0.5) is 0 Å². The third-order valence-corrected chi connectivity index (χ3v) is 4.50. The van der Waals surface area contributed by atoms with Crippen LogP contribution in [0.3, 0.4) is 0 Å². The third-order valence-electron chi connectivity index (χ3n) is 4.26. The van der Waals surface area contributed by atoms with Crippen LogP contribution in [-0.4, -0.2) is 17.4 Å². The van der Waals surface area contributed by atoms with Crippen LogP contribution >= 0.6 is 11.6 Å². The van der Waals surface area contributed by atoms with Crippen molar-refractivity contribution in [1.29, 1.82) is 0 Å². The molecule has 0 radical (unpaired) electrons. The summed E-state index contributed by atoms with van der Waals surface area (Å²) in [6.07, 6.45) is 2.08. The van der Waals surface area contributed by atoms with Gasteiger partial charge < -0.3 is 10.3 Å². The molecule has 0 aliphatic rings. The molecule has 0 bridgehead atoms. The molecule has 1 heterocycles. The van der Waals surface area contributed by atoms with Crippen LogP contribution < -0.4 is 5.32 Å². The van der Waals surface area contributed by atoms with E-state index in [0.29, 0.717) is 13.0 Å². The zero-order valence-electron chi connectivity index (χ0n) is 13.7. The Morgan fingerprint density at radius 2 is 1.92 bits per heavy atom. The van der Waals surface area contributed by atoms with Gasteiger partial charge in [-0.1, -0.05) is 41.9 Å². The molecule has 0 atom stereocenters. The number of benzene rings is 2. The number of carbonyl (C=O) groups excluding carboxylic acids is 1. The van der Waals surface area contributed by atoms with E-state index in [1.54, 1.807) is 0 Å². The first-order chi connectivity index (χ1) is 11.6. The number of halogens is 1. The summed E-state index contributed by atoms with van der Waals surface area (Å²) in [5.41, 5.74) is 4.62. The van der Waals surface area contributed by atoms with Crippen LogP contribution in [0, 0.1) is 6.92 Å². The van der Waals surface area contributed by atoms with Crippen molar-refractivity contribution in [2.75, 3.05) is 6.54 Å². The lowest BCUT2D eigenvalue weighted by atomic mass is 10.1. The lowest BCUT2D eigenvalue weighted by Crippen LogP contribution is -2.26. The number of amides is 1. The molecule has 3 nitrogen and oxygen atoms in total. The van der Waals surface area contributed by atoms with Crippen LogP contribution in [-0.2, 0) is 17.6 Å². The monoisotopic (exact) mass is 340 g/mol. The van der Waals surface area contributed by atoms with Crippen LogP contribution in [0.1, 0.15) is 23.2 Å². The minimum atomic E-state index is 0.0920. The molecule has 4 heteroatoms. The second-order valence-corrected chi connectivity index (χ2v) is 6.44. The van der Waals surface area contributed by atoms with E-state index in [2.05, 4.69) is 17.2 Å². The van der Waals surface area contributed by atoms with Gasteiger partial charge in [0.25, 0.3) is 0 Å². The molecule has 24 heavy (non-hydrogen) atoms. The quantitative estimate of drug-likeness (QED) is 0.685. The summed E-state index contributed by atoms with van der Waals surface area (Å²) < 4.78 is 0. The number of fused-ring (bicyclic) bond motifs is 1. The summed E-state index contributed by atoms with van der Waals surface area (Å²) >= 11 is 6.10. The molecule has 3 rings (SSSR count). The number of carbonyl (C=O) groups is 1. The summed E-state index contributed by atoms with van der Waals surface area (Å²) in [5, 5.41) is 4.88. The van der Waals surface area contributed by atoms with E-state index in [1.165, 1.54) is 11.1 Å². The van der Waals surface area contributed by atoms with E-state index in [9.17, 15) is 4.79 Å². The molecule has 2 N–H and O–H groups in total. The average molecular weight is 341 g/mol. The maximum Gasteiger partial charge on any atom is 0.220 e. The first-order valence-electron chi connectivity index (χ1n) is 8.21. The molecule has 0 saturated carbocycles. The standard InChI is InChI=1S/C20H21ClN2O/c1-14-17(18-13-16(21)8-9-19(18)23-14)11-12-22-20(24)10-7-15-5-3-2-4-6-15/h2-6,8-9,13,23H,7,10-12H2,1H3,(H,22,24). The summed E-state index contributed by atoms with van der Waals surface area (Å²) in [6, 6.07) is 15.9. The van der Waals surface area contributed by atoms with Gasteiger partial charge in [-0.15, -0.1) is 0 Å². The first kappa shape index (κ1) is 16.6. The summed E-state index contributed by atoms with van der Waals surface area (Å²) in [5.74, 6) is 0.0920. The molecule has 2 aromatic carbocycles. The molecule has 1 aromatic heterocycles. The van der Waals surface area contributed by atoms with Crippen molar-refractivity contribution >= 4 is 28.4 Å². The van der Waals surface area contributed by atoms with Crippen molar-refractivity contribution in [3.8, 4) is 0 Å². The largest absolute Gasteiger partial charge is 0.358 e. The number of nitrogens with one attached hydrogen (secondary N) is 2. The second kappa shape index (κ2) is 7.54. The Balaban J connectivity index is 1.54. The van der Waals surface area contributed by atoms with Gasteiger partial charge >= 0.3 is 0 Å². The van der Waals surface area contributed by atoms with Gasteiger partial charge in [0.2, 0.25) is 5.91 Å². The maximum absolute atomic E-state index is 12.0.